The van der Waals surface area contributed by atoms with Crippen LogP contribution in [0.25, 0.3) is 11.4 Å². The summed E-state index contributed by atoms with van der Waals surface area (Å²) in [4.78, 5) is 21.0. The van der Waals surface area contributed by atoms with E-state index < -0.39 is 0 Å². The summed E-state index contributed by atoms with van der Waals surface area (Å²) in [7, 11) is 1.38. The highest BCUT2D eigenvalue weighted by Crippen LogP contribution is 2.26. The van der Waals surface area contributed by atoms with Gasteiger partial charge in [-0.25, -0.2) is 9.78 Å². The third-order valence-corrected chi connectivity index (χ3v) is 4.89. The second-order valence-corrected chi connectivity index (χ2v) is 6.38. The molecular weight excluding hydrogens is 326 g/mol. The molecule has 0 aliphatic heterocycles. The van der Waals surface area contributed by atoms with E-state index in [4.69, 9.17) is 9.26 Å². The fourth-order valence-electron chi connectivity index (χ4n) is 2.46. The molecular formula is C17H17N3O3S. The van der Waals surface area contributed by atoms with Crippen molar-refractivity contribution in [2.45, 2.75) is 26.7 Å². The molecule has 0 amide bonds. The lowest BCUT2D eigenvalue weighted by Gasteiger charge is -2.00. The Morgan fingerprint density at radius 1 is 1.29 bits per heavy atom. The van der Waals surface area contributed by atoms with Gasteiger partial charge in [0.1, 0.15) is 16.3 Å². The van der Waals surface area contributed by atoms with Gasteiger partial charge in [0.2, 0.25) is 0 Å². The number of aromatic nitrogens is 3. The number of methoxy groups -OCH3 is 1. The lowest BCUT2D eigenvalue weighted by atomic mass is 10.1. The molecule has 0 aliphatic rings. The fraction of sp³-hybridized carbons (Fsp3) is 0.294. The first-order valence-electron chi connectivity index (χ1n) is 7.51. The first-order chi connectivity index (χ1) is 11.6. The van der Waals surface area contributed by atoms with Gasteiger partial charge < -0.3 is 9.26 Å². The molecule has 0 N–H and O–H groups in total. The van der Waals surface area contributed by atoms with E-state index in [0.717, 1.165) is 34.1 Å². The van der Waals surface area contributed by atoms with Crippen LogP contribution in [0.1, 0.15) is 31.7 Å². The van der Waals surface area contributed by atoms with Crippen molar-refractivity contribution in [3.8, 4) is 11.4 Å². The number of carbonyl (C=O) groups is 1. The van der Waals surface area contributed by atoms with Gasteiger partial charge in [0, 0.05) is 18.2 Å². The minimum absolute atomic E-state index is 0.341. The zero-order chi connectivity index (χ0) is 17.1. The van der Waals surface area contributed by atoms with Gasteiger partial charge >= 0.3 is 5.97 Å². The predicted octanol–water partition coefficient (Wildman–Crippen LogP) is 3.38. The van der Waals surface area contributed by atoms with Crippen LogP contribution in [-0.4, -0.2) is 28.2 Å². The van der Waals surface area contributed by atoms with E-state index in [-0.39, 0.29) is 5.97 Å². The smallest absolute Gasteiger partial charge is 0.349 e. The summed E-state index contributed by atoms with van der Waals surface area (Å²) in [6.07, 6.45) is 3.15. The SMILES string of the molecule is COC(=O)c1sc(CCc2c(-c3ccccn3)noc2C)nc1C. The van der Waals surface area contributed by atoms with E-state index in [1.54, 1.807) is 6.20 Å². The molecule has 0 radical (unpaired) electrons. The molecule has 0 unspecified atom stereocenters. The summed E-state index contributed by atoms with van der Waals surface area (Å²) < 4.78 is 10.1. The molecule has 0 saturated heterocycles. The molecule has 24 heavy (non-hydrogen) atoms. The first-order valence-corrected chi connectivity index (χ1v) is 8.33. The van der Waals surface area contributed by atoms with Crippen LogP contribution < -0.4 is 0 Å². The normalized spacial score (nSPS) is 10.8. The minimum Gasteiger partial charge on any atom is -0.465 e. The Morgan fingerprint density at radius 2 is 2.12 bits per heavy atom. The van der Waals surface area contributed by atoms with E-state index in [0.29, 0.717) is 17.0 Å². The molecule has 0 saturated carbocycles. The van der Waals surface area contributed by atoms with E-state index in [1.807, 2.05) is 32.0 Å². The summed E-state index contributed by atoms with van der Waals surface area (Å²) in [5.74, 6) is 0.434. The highest BCUT2D eigenvalue weighted by atomic mass is 32.1. The van der Waals surface area contributed by atoms with Crippen molar-refractivity contribution in [1.29, 1.82) is 0 Å². The average molecular weight is 343 g/mol. The average Bonchev–Trinajstić information content (AvgIpc) is 3.15. The zero-order valence-electron chi connectivity index (χ0n) is 13.7. The molecule has 0 spiro atoms. The van der Waals surface area contributed by atoms with Crippen molar-refractivity contribution in [3.05, 3.63) is 51.3 Å². The minimum atomic E-state index is -0.341. The Labute approximate surface area is 143 Å². The molecule has 3 heterocycles. The van der Waals surface area contributed by atoms with Gasteiger partial charge in [-0.15, -0.1) is 11.3 Å². The van der Waals surface area contributed by atoms with Crippen LogP contribution in [0.2, 0.25) is 0 Å². The van der Waals surface area contributed by atoms with Crippen molar-refractivity contribution in [2.24, 2.45) is 0 Å². The van der Waals surface area contributed by atoms with Gasteiger partial charge in [-0.2, -0.15) is 0 Å². The molecule has 0 atom stereocenters. The lowest BCUT2D eigenvalue weighted by Crippen LogP contribution is -1.99. The lowest BCUT2D eigenvalue weighted by molar-refractivity contribution is 0.0605. The molecule has 0 bridgehead atoms. The Kier molecular flexibility index (Phi) is 4.71. The maximum absolute atomic E-state index is 11.7. The summed E-state index contributed by atoms with van der Waals surface area (Å²) >= 11 is 1.37. The van der Waals surface area contributed by atoms with Crippen molar-refractivity contribution in [3.63, 3.8) is 0 Å². The molecule has 6 nitrogen and oxygen atoms in total. The van der Waals surface area contributed by atoms with E-state index >= 15 is 0 Å². The van der Waals surface area contributed by atoms with Crippen LogP contribution in [0.4, 0.5) is 0 Å². The Bertz CT molecular complexity index is 855. The number of pyridine rings is 1. The van der Waals surface area contributed by atoms with Crippen molar-refractivity contribution in [2.75, 3.05) is 7.11 Å². The van der Waals surface area contributed by atoms with Gasteiger partial charge in [0.15, 0.2) is 0 Å². The van der Waals surface area contributed by atoms with Gasteiger partial charge in [0.05, 0.1) is 23.5 Å². The van der Waals surface area contributed by atoms with Crippen LogP contribution in [0.3, 0.4) is 0 Å². The van der Waals surface area contributed by atoms with Crippen molar-refractivity contribution < 1.29 is 14.1 Å². The van der Waals surface area contributed by atoms with Crippen LogP contribution in [0.15, 0.2) is 28.9 Å². The van der Waals surface area contributed by atoms with Crippen molar-refractivity contribution >= 4 is 17.3 Å². The summed E-state index contributed by atoms with van der Waals surface area (Å²) in [5.41, 5.74) is 3.26. The Morgan fingerprint density at radius 3 is 2.83 bits per heavy atom. The molecule has 0 aromatic carbocycles. The second kappa shape index (κ2) is 6.92. The first kappa shape index (κ1) is 16.3. The Hall–Kier alpha value is -2.54. The van der Waals surface area contributed by atoms with Gasteiger partial charge in [0.25, 0.3) is 0 Å². The number of rotatable bonds is 5. The Balaban J connectivity index is 1.81. The van der Waals surface area contributed by atoms with Crippen LogP contribution in [0, 0.1) is 13.8 Å². The standard InChI is InChI=1S/C17H17N3O3S/c1-10-16(17(21)22-3)24-14(19-10)8-7-12-11(2)23-20-15(12)13-6-4-5-9-18-13/h4-6,9H,7-8H2,1-3H3. The third-order valence-electron chi connectivity index (χ3n) is 3.69. The summed E-state index contributed by atoms with van der Waals surface area (Å²) in [6.45, 7) is 3.71. The molecule has 124 valence electrons. The fourth-order valence-corrected chi connectivity index (χ4v) is 3.45. The third kappa shape index (κ3) is 3.21. The van der Waals surface area contributed by atoms with Crippen LogP contribution in [0.5, 0.6) is 0 Å². The molecule has 0 fully saturated rings. The number of hydrogen-bond donors (Lipinski definition) is 0. The highest BCUT2D eigenvalue weighted by Gasteiger charge is 2.18. The van der Waals surface area contributed by atoms with E-state index in [2.05, 4.69) is 15.1 Å². The highest BCUT2D eigenvalue weighted by molar-refractivity contribution is 7.13. The number of nitrogens with zero attached hydrogens (tertiary/aromatic N) is 3. The topological polar surface area (TPSA) is 78.1 Å². The molecule has 3 rings (SSSR count). The second-order valence-electron chi connectivity index (χ2n) is 5.29. The van der Waals surface area contributed by atoms with Crippen LogP contribution in [-0.2, 0) is 17.6 Å². The van der Waals surface area contributed by atoms with Gasteiger partial charge in [-0.05, 0) is 32.4 Å². The summed E-state index contributed by atoms with van der Waals surface area (Å²) in [6, 6.07) is 5.69. The zero-order valence-corrected chi connectivity index (χ0v) is 14.5. The van der Waals surface area contributed by atoms with Crippen LogP contribution >= 0.6 is 11.3 Å². The summed E-state index contributed by atoms with van der Waals surface area (Å²) in [5, 5.41) is 5.02. The number of ether oxygens (including phenoxy) is 1. The molecule has 7 heteroatoms. The number of aryl methyl sites for hydroxylation is 3. The van der Waals surface area contributed by atoms with E-state index in [9.17, 15) is 4.79 Å². The van der Waals surface area contributed by atoms with E-state index in [1.165, 1.54) is 18.4 Å². The van der Waals surface area contributed by atoms with Crippen molar-refractivity contribution in [1.82, 2.24) is 15.1 Å². The molecule has 0 aliphatic carbocycles. The number of carbonyl (C=O) groups excluding carboxylic acids is 1. The number of thiazole rings is 1. The monoisotopic (exact) mass is 343 g/mol. The van der Waals surface area contributed by atoms with Gasteiger partial charge in [-0.3, -0.25) is 4.98 Å². The van der Waals surface area contributed by atoms with Gasteiger partial charge in [-0.1, -0.05) is 11.2 Å². The number of esters is 1. The number of hydrogen-bond acceptors (Lipinski definition) is 7. The predicted molar refractivity (Wildman–Crippen MR) is 90.1 cm³/mol. The largest absolute Gasteiger partial charge is 0.465 e. The maximum Gasteiger partial charge on any atom is 0.349 e. The maximum atomic E-state index is 11.7. The quantitative estimate of drug-likeness (QED) is 0.661. The molecule has 3 aromatic heterocycles. The molecule has 3 aromatic rings.